The Morgan fingerprint density at radius 2 is 1.62 bits per heavy atom. The fraction of sp³-hybridized carbons (Fsp3) is 0.879. The fourth-order valence-electron chi connectivity index (χ4n) is 7.28. The number of alkyl halides is 2. The Labute approximate surface area is 291 Å². The van der Waals surface area contributed by atoms with Gasteiger partial charge in [0.25, 0.3) is 0 Å². The predicted octanol–water partition coefficient (Wildman–Crippen LogP) is -1.32. The number of rotatable bonds is 13. The molecule has 2 heterocycles. The average Bonchev–Trinajstić information content (AvgIpc) is 3.72. The van der Waals surface area contributed by atoms with E-state index < -0.39 is 62.7 Å². The van der Waals surface area contributed by atoms with E-state index in [0.29, 0.717) is 13.0 Å². The molecule has 0 aromatic heterocycles. The van der Waals surface area contributed by atoms with E-state index in [0.717, 1.165) is 44.9 Å². The number of hydrogen-bond acceptors (Lipinski definition) is 8. The summed E-state index contributed by atoms with van der Waals surface area (Å²) in [6, 6.07) is -3.88. The van der Waals surface area contributed by atoms with Gasteiger partial charge in [-0.15, -0.1) is 0 Å². The van der Waals surface area contributed by atoms with Gasteiger partial charge in [0.2, 0.25) is 0 Å². The fourth-order valence-corrected chi connectivity index (χ4v) is 13.7. The van der Waals surface area contributed by atoms with E-state index in [1.54, 1.807) is 25.7 Å². The van der Waals surface area contributed by atoms with Gasteiger partial charge in [-0.3, -0.25) is 0 Å². The summed E-state index contributed by atoms with van der Waals surface area (Å²) in [5.74, 6) is -1.67. The van der Waals surface area contributed by atoms with Gasteiger partial charge in [0.05, 0.1) is 0 Å². The normalized spacial score (nSPS) is 27.4. The third-order valence-electron chi connectivity index (χ3n) is 10.5. The zero-order valence-corrected chi connectivity index (χ0v) is 32.0. The second-order valence-corrected chi connectivity index (χ2v) is 23.8. The van der Waals surface area contributed by atoms with Gasteiger partial charge in [-0.2, -0.15) is 0 Å². The van der Waals surface area contributed by atoms with Gasteiger partial charge < -0.3 is 0 Å². The third kappa shape index (κ3) is 8.99. The number of sulfone groups is 1. The van der Waals surface area contributed by atoms with Crippen LogP contribution in [-0.2, 0) is 24.2 Å². The van der Waals surface area contributed by atoms with Gasteiger partial charge in [-0.25, -0.2) is 0 Å². The van der Waals surface area contributed by atoms with Crippen molar-refractivity contribution in [3.63, 3.8) is 0 Å². The van der Waals surface area contributed by atoms with Crippen LogP contribution in [0.1, 0.15) is 99.8 Å². The number of nitrogens with one attached hydrogen (secondary N) is 3. The van der Waals surface area contributed by atoms with Gasteiger partial charge in [-0.1, -0.05) is 0 Å². The molecule has 0 aromatic carbocycles. The second kappa shape index (κ2) is 14.8. The molecule has 12 nitrogen and oxygen atoms in total. The maximum absolute atomic E-state index is 14.6. The summed E-state index contributed by atoms with van der Waals surface area (Å²) >= 11 is -0.307. The van der Waals surface area contributed by atoms with E-state index in [-0.39, 0.29) is 63.9 Å². The summed E-state index contributed by atoms with van der Waals surface area (Å²) in [7, 11) is -3.53. The molecular weight excluding hydrogens is 737 g/mol. The molecule has 2 aliphatic carbocycles. The summed E-state index contributed by atoms with van der Waals surface area (Å²) in [5.41, 5.74) is 5.53. The zero-order valence-electron chi connectivity index (χ0n) is 29.1. The minimum absolute atomic E-state index is 0.0764. The van der Waals surface area contributed by atoms with E-state index in [9.17, 15) is 32.7 Å². The molecule has 0 radical (unpaired) electrons. The molecule has 6 N–H and O–H groups in total. The molecule has 0 aromatic rings. The number of nitrogens with zero attached hydrogens (tertiary/aromatic N) is 1. The second-order valence-electron chi connectivity index (χ2n) is 16.0. The summed E-state index contributed by atoms with van der Waals surface area (Å²) in [6.07, 6.45) is 5.01. The number of carbonyl (C=O) groups excluding carboxylic acids is 4. The maximum atomic E-state index is 14.6. The Morgan fingerprint density at radius 3 is 2.13 bits per heavy atom. The van der Waals surface area contributed by atoms with Crippen molar-refractivity contribution in [1.82, 2.24) is 20.9 Å². The number of fused-ring (bicyclic) bond motifs is 1. The van der Waals surface area contributed by atoms with Gasteiger partial charge in [0, 0.05) is 0 Å². The van der Waals surface area contributed by atoms with Gasteiger partial charge in [-0.05, 0) is 20.8 Å². The first kappa shape index (κ1) is 38.3. The molecular formula is C33H57IN5O7S-. The Morgan fingerprint density at radius 1 is 1.00 bits per heavy atom. The number of aliphatic hydroxyl groups is 1. The zero-order chi connectivity index (χ0) is 35.1. The number of amides is 4. The number of ketones is 1. The van der Waals surface area contributed by atoms with Crippen LogP contribution in [0.3, 0.4) is 0 Å². The Bertz CT molecular complexity index is 1290. The molecule has 2 saturated carbocycles. The summed E-state index contributed by atoms with van der Waals surface area (Å²) in [6.45, 7) is 13.3. The number of Topliss-reactive ketones (excluding diaryl/α,β-unsaturated/α-hetero) is 1. The minimum atomic E-state index is -3.53. The van der Waals surface area contributed by atoms with E-state index in [1.807, 2.05) is 13.8 Å². The van der Waals surface area contributed by atoms with Crippen molar-refractivity contribution in [1.29, 1.82) is 0 Å². The number of urea groups is 1. The number of hydrogen-bond donors (Lipinski definition) is 5. The first-order valence-electron chi connectivity index (χ1n) is 17.3. The Kier molecular flexibility index (Phi) is 12.0. The summed E-state index contributed by atoms with van der Waals surface area (Å²) < 4.78 is 25.2. The summed E-state index contributed by atoms with van der Waals surface area (Å²) in [5, 5.41) is 18.6. The molecule has 2 saturated heterocycles. The monoisotopic (exact) mass is 794 g/mol. The van der Waals surface area contributed by atoms with Gasteiger partial charge >= 0.3 is 271 Å². The first-order chi connectivity index (χ1) is 21.7. The van der Waals surface area contributed by atoms with Crippen molar-refractivity contribution >= 4 is 33.5 Å². The average molecular weight is 795 g/mol. The van der Waals surface area contributed by atoms with Crippen LogP contribution in [0, 0.1) is 23.7 Å². The molecule has 4 rings (SSSR count). The number of halogens is 1. The molecule has 4 fully saturated rings. The standard InChI is InChI=1S/C33H57IN5O7S/c1-18(2)23(17-47(45,46)32(3,4)5)37-31(44)38-25(20-11-9-8-10-12-20)30(43)39-16-21-24(33(6,7)34-21)26(39)29(42)36-22(15-19-13-14-19)27(40)28(35)41/h18-26,28,41H,8-17,35H2,1-7H3,(H,36,42)(H2,37,38,44)/q-1/t21?,22?,23-,24?,25+,26?,28?/m1/s1. The molecule has 7 atom stereocenters. The van der Waals surface area contributed by atoms with Crippen molar-refractivity contribution in [3.8, 4) is 0 Å². The SMILES string of the molecule is CC(C)[C@@H](CS(=O)(=O)C(C)(C)C)NC(=O)N[C@H](C(=O)N1CC2[I-]C(C)(C)C2C1C(=O)NC(CC1CC1)C(=O)C(N)O)C1CCCCC1. The van der Waals surface area contributed by atoms with Gasteiger partial charge in [0.15, 0.2) is 0 Å². The van der Waals surface area contributed by atoms with Crippen molar-refractivity contribution in [3.05, 3.63) is 0 Å². The van der Waals surface area contributed by atoms with Crippen molar-refractivity contribution in [2.75, 3.05) is 12.3 Å². The van der Waals surface area contributed by atoms with Crippen LogP contribution in [0.5, 0.6) is 0 Å². The van der Waals surface area contributed by atoms with Crippen LogP contribution < -0.4 is 42.9 Å². The number of nitrogens with two attached hydrogens (primary N) is 1. The van der Waals surface area contributed by atoms with Crippen LogP contribution in [0.4, 0.5) is 4.79 Å². The van der Waals surface area contributed by atoms with Crippen molar-refractivity contribution in [2.24, 2.45) is 29.4 Å². The van der Waals surface area contributed by atoms with E-state index >= 15 is 0 Å². The van der Waals surface area contributed by atoms with Crippen LogP contribution in [0.15, 0.2) is 0 Å². The van der Waals surface area contributed by atoms with E-state index in [1.165, 1.54) is 0 Å². The van der Waals surface area contributed by atoms with E-state index in [2.05, 4.69) is 29.8 Å². The molecule has 4 aliphatic rings. The molecule has 0 bridgehead atoms. The number of likely N-dealkylation sites (tertiary alicyclic amines) is 1. The summed E-state index contributed by atoms with van der Waals surface area (Å²) in [4.78, 5) is 56.8. The van der Waals surface area contributed by atoms with E-state index in [4.69, 9.17) is 5.73 Å². The number of carbonyl (C=O) groups is 4. The van der Waals surface area contributed by atoms with Crippen molar-refractivity contribution < 1.29 is 53.9 Å². The third-order valence-corrected chi connectivity index (χ3v) is 17.5. The van der Waals surface area contributed by atoms with Gasteiger partial charge in [0.1, 0.15) is 0 Å². The van der Waals surface area contributed by atoms with Crippen molar-refractivity contribution in [2.45, 2.75) is 142 Å². The Balaban J connectivity index is 1.58. The molecule has 2 aliphatic heterocycles. The molecule has 0 spiro atoms. The Hall–Kier alpha value is -1.52. The molecule has 270 valence electrons. The van der Waals surface area contributed by atoms with Crippen LogP contribution in [0.25, 0.3) is 0 Å². The topological polar surface area (TPSA) is 188 Å². The van der Waals surface area contributed by atoms with Crippen LogP contribution >= 0.6 is 0 Å². The van der Waals surface area contributed by atoms with Crippen LogP contribution in [0.2, 0.25) is 0 Å². The molecule has 14 heteroatoms. The quantitative estimate of drug-likeness (QED) is 0.0864. The molecule has 5 unspecified atom stereocenters. The first-order valence-corrected chi connectivity index (χ1v) is 21.2. The number of aliphatic hydroxyl groups excluding tert-OH is 1. The predicted molar refractivity (Wildman–Crippen MR) is 176 cm³/mol. The molecule has 4 amide bonds. The molecule has 47 heavy (non-hydrogen) atoms. The van der Waals surface area contributed by atoms with Crippen LogP contribution in [-0.4, -0.2) is 96.8 Å².